The average molecular weight is 326 g/mol. The highest BCUT2D eigenvalue weighted by Crippen LogP contribution is 2.22. The Hall–Kier alpha value is -2.44. The second-order valence-corrected chi connectivity index (χ2v) is 6.59. The van der Waals surface area contributed by atoms with E-state index in [1.165, 1.54) is 0 Å². The van der Waals surface area contributed by atoms with Crippen LogP contribution in [0.25, 0.3) is 0 Å². The molecule has 2 aliphatic heterocycles. The molecule has 0 saturated carbocycles. The zero-order valence-electron chi connectivity index (χ0n) is 13.6. The molecule has 0 aliphatic carbocycles. The van der Waals surface area contributed by atoms with E-state index in [1.807, 2.05) is 12.4 Å². The van der Waals surface area contributed by atoms with Crippen LogP contribution in [0.1, 0.15) is 25.1 Å². The summed E-state index contributed by atoms with van der Waals surface area (Å²) in [4.78, 5) is 27.7. The maximum atomic E-state index is 12.7. The van der Waals surface area contributed by atoms with Crippen molar-refractivity contribution < 1.29 is 4.79 Å². The molecule has 126 valence electrons. The molecule has 7 heteroatoms. The van der Waals surface area contributed by atoms with Crippen molar-refractivity contribution in [3.8, 4) is 0 Å². The number of aryl methyl sites for hydroxylation is 1. The minimum atomic E-state index is 0.0185. The summed E-state index contributed by atoms with van der Waals surface area (Å²) in [6.07, 6.45) is 12.8. The summed E-state index contributed by atoms with van der Waals surface area (Å²) in [6, 6.07) is 0.200. The van der Waals surface area contributed by atoms with E-state index >= 15 is 0 Å². The predicted octanol–water partition coefficient (Wildman–Crippen LogP) is 1.02. The minimum Gasteiger partial charge on any atom is -0.355 e. The second-order valence-electron chi connectivity index (χ2n) is 6.59. The summed E-state index contributed by atoms with van der Waals surface area (Å²) in [6.45, 7) is 2.47. The molecular formula is C17H22N6O. The average Bonchev–Trinajstić information content (AvgIpc) is 3.10. The Kier molecular flexibility index (Phi) is 4.15. The van der Waals surface area contributed by atoms with Gasteiger partial charge in [0.25, 0.3) is 0 Å². The van der Waals surface area contributed by atoms with E-state index in [2.05, 4.69) is 29.7 Å². The number of rotatable bonds is 3. The van der Waals surface area contributed by atoms with Gasteiger partial charge in [-0.2, -0.15) is 0 Å². The molecule has 4 heterocycles. The van der Waals surface area contributed by atoms with E-state index in [0.717, 1.165) is 50.4 Å². The number of amides is 1. The van der Waals surface area contributed by atoms with Crippen LogP contribution in [0.4, 0.5) is 5.82 Å². The lowest BCUT2D eigenvalue weighted by molar-refractivity contribution is -0.126. The Morgan fingerprint density at radius 2 is 2.12 bits per heavy atom. The maximum Gasteiger partial charge on any atom is 0.225 e. The van der Waals surface area contributed by atoms with Crippen LogP contribution in [0.15, 0.2) is 31.0 Å². The van der Waals surface area contributed by atoms with E-state index in [4.69, 9.17) is 0 Å². The standard InChI is InChI=1S/C17H22N6O/c24-17(21-14-3-4-15-20-7-9-23(15)12-14)13-2-1-8-22(11-13)16-10-18-5-6-19-16/h5-7,9-10,13-14H,1-4,8,11-12H2,(H,21,24)/t13-,14-/m1/s1. The monoisotopic (exact) mass is 326 g/mol. The number of anilines is 1. The number of carbonyl (C=O) groups excluding carboxylic acids is 1. The summed E-state index contributed by atoms with van der Waals surface area (Å²) in [5, 5.41) is 3.24. The first-order chi connectivity index (χ1) is 11.8. The van der Waals surface area contributed by atoms with Gasteiger partial charge in [-0.1, -0.05) is 0 Å². The van der Waals surface area contributed by atoms with Crippen molar-refractivity contribution in [1.82, 2.24) is 24.8 Å². The van der Waals surface area contributed by atoms with Gasteiger partial charge < -0.3 is 14.8 Å². The summed E-state index contributed by atoms with van der Waals surface area (Å²) in [5.74, 6) is 2.16. The van der Waals surface area contributed by atoms with Crippen LogP contribution in [0.5, 0.6) is 0 Å². The molecule has 24 heavy (non-hydrogen) atoms. The van der Waals surface area contributed by atoms with E-state index < -0.39 is 0 Å². The highest BCUT2D eigenvalue weighted by Gasteiger charge is 2.29. The molecule has 1 saturated heterocycles. The number of carbonyl (C=O) groups is 1. The van der Waals surface area contributed by atoms with Crippen LogP contribution >= 0.6 is 0 Å². The normalized spacial score (nSPS) is 23.6. The Morgan fingerprint density at radius 1 is 1.17 bits per heavy atom. The number of hydrogen-bond acceptors (Lipinski definition) is 5. The first-order valence-electron chi connectivity index (χ1n) is 8.61. The second kappa shape index (κ2) is 6.59. The summed E-state index contributed by atoms with van der Waals surface area (Å²) in [5.41, 5.74) is 0. The van der Waals surface area contributed by atoms with Crippen LogP contribution in [0.3, 0.4) is 0 Å². The van der Waals surface area contributed by atoms with Gasteiger partial charge in [0.15, 0.2) is 0 Å². The maximum absolute atomic E-state index is 12.7. The van der Waals surface area contributed by atoms with Gasteiger partial charge in [0.05, 0.1) is 12.1 Å². The van der Waals surface area contributed by atoms with Crippen LogP contribution in [0, 0.1) is 5.92 Å². The van der Waals surface area contributed by atoms with Crippen molar-refractivity contribution in [3.63, 3.8) is 0 Å². The number of hydrogen-bond donors (Lipinski definition) is 1. The van der Waals surface area contributed by atoms with Gasteiger partial charge in [-0.05, 0) is 19.3 Å². The van der Waals surface area contributed by atoms with Gasteiger partial charge in [-0.25, -0.2) is 9.97 Å². The molecule has 1 amide bonds. The fourth-order valence-corrected chi connectivity index (χ4v) is 3.66. The summed E-state index contributed by atoms with van der Waals surface area (Å²) < 4.78 is 2.14. The van der Waals surface area contributed by atoms with Crippen LogP contribution < -0.4 is 10.2 Å². The van der Waals surface area contributed by atoms with Gasteiger partial charge in [-0.3, -0.25) is 9.78 Å². The van der Waals surface area contributed by atoms with Gasteiger partial charge in [0, 0.05) is 56.9 Å². The third-order valence-electron chi connectivity index (χ3n) is 4.95. The molecule has 0 aromatic carbocycles. The SMILES string of the molecule is O=C(N[C@@H]1CCc2nccn2C1)[C@@H]1CCCN(c2cnccn2)C1. The molecule has 2 aliphatic rings. The van der Waals surface area contributed by atoms with Crippen LogP contribution in [-0.2, 0) is 17.8 Å². The number of piperidine rings is 1. The van der Waals surface area contributed by atoms with Crippen molar-refractivity contribution in [3.05, 3.63) is 36.8 Å². The molecule has 0 unspecified atom stereocenters. The molecule has 2 atom stereocenters. The smallest absolute Gasteiger partial charge is 0.225 e. The number of aromatic nitrogens is 4. The Balaban J connectivity index is 1.36. The molecule has 0 radical (unpaired) electrons. The van der Waals surface area contributed by atoms with Gasteiger partial charge >= 0.3 is 0 Å². The fourth-order valence-electron chi connectivity index (χ4n) is 3.66. The Morgan fingerprint density at radius 3 is 3.00 bits per heavy atom. The first kappa shape index (κ1) is 15.1. The van der Waals surface area contributed by atoms with Crippen LogP contribution in [0.2, 0.25) is 0 Å². The fraction of sp³-hybridized carbons (Fsp3) is 0.529. The highest BCUT2D eigenvalue weighted by atomic mass is 16.2. The predicted molar refractivity (Wildman–Crippen MR) is 89.4 cm³/mol. The summed E-state index contributed by atoms with van der Waals surface area (Å²) in [7, 11) is 0. The molecule has 1 N–H and O–H groups in total. The zero-order valence-corrected chi connectivity index (χ0v) is 13.6. The summed E-state index contributed by atoms with van der Waals surface area (Å²) >= 11 is 0. The molecular weight excluding hydrogens is 304 g/mol. The number of nitrogens with zero attached hydrogens (tertiary/aromatic N) is 5. The molecule has 7 nitrogen and oxygen atoms in total. The van der Waals surface area contributed by atoms with Crippen LogP contribution in [-0.4, -0.2) is 44.6 Å². The largest absolute Gasteiger partial charge is 0.355 e. The Bertz CT molecular complexity index is 700. The quantitative estimate of drug-likeness (QED) is 0.911. The topological polar surface area (TPSA) is 75.9 Å². The third-order valence-corrected chi connectivity index (χ3v) is 4.95. The van der Waals surface area contributed by atoms with Gasteiger partial charge in [0.1, 0.15) is 11.6 Å². The first-order valence-corrected chi connectivity index (χ1v) is 8.61. The van der Waals surface area contributed by atoms with Crippen molar-refractivity contribution in [2.45, 2.75) is 38.3 Å². The van der Waals surface area contributed by atoms with Crippen molar-refractivity contribution >= 4 is 11.7 Å². The van der Waals surface area contributed by atoms with E-state index in [-0.39, 0.29) is 17.9 Å². The van der Waals surface area contributed by atoms with Crippen molar-refractivity contribution in [2.24, 2.45) is 5.92 Å². The number of nitrogens with one attached hydrogen (secondary N) is 1. The van der Waals surface area contributed by atoms with E-state index in [1.54, 1.807) is 18.6 Å². The van der Waals surface area contributed by atoms with E-state index in [9.17, 15) is 4.79 Å². The molecule has 0 bridgehead atoms. The third kappa shape index (κ3) is 3.11. The zero-order chi connectivity index (χ0) is 16.4. The molecule has 2 aromatic rings. The van der Waals surface area contributed by atoms with Crippen molar-refractivity contribution in [1.29, 1.82) is 0 Å². The number of imidazole rings is 1. The van der Waals surface area contributed by atoms with Gasteiger partial charge in [-0.15, -0.1) is 0 Å². The number of fused-ring (bicyclic) bond motifs is 1. The minimum absolute atomic E-state index is 0.0185. The molecule has 4 rings (SSSR count). The van der Waals surface area contributed by atoms with E-state index in [0.29, 0.717) is 6.54 Å². The lowest BCUT2D eigenvalue weighted by Crippen LogP contribution is -2.48. The highest BCUT2D eigenvalue weighted by molar-refractivity contribution is 5.79. The Labute approximate surface area is 141 Å². The van der Waals surface area contributed by atoms with Gasteiger partial charge in [0.2, 0.25) is 5.91 Å². The lowest BCUT2D eigenvalue weighted by Gasteiger charge is -2.34. The molecule has 1 fully saturated rings. The molecule has 0 spiro atoms. The van der Waals surface area contributed by atoms with Crippen molar-refractivity contribution in [2.75, 3.05) is 18.0 Å². The molecule has 2 aromatic heterocycles. The lowest BCUT2D eigenvalue weighted by atomic mass is 9.96.